The van der Waals surface area contributed by atoms with Gasteiger partial charge in [0.2, 0.25) is 0 Å². The van der Waals surface area contributed by atoms with E-state index >= 15 is 0 Å². The van der Waals surface area contributed by atoms with Crippen molar-refractivity contribution in [3.8, 4) is 0 Å². The molecule has 0 saturated carbocycles. The van der Waals surface area contributed by atoms with E-state index in [2.05, 4.69) is 4.98 Å². The number of hydrogen-bond acceptors (Lipinski definition) is 2. The standard InChI is InChI=1S/C6H4ClNO.FH/c7-6(9)5-2-1-3-8-4-5;/h1-4H;1H. The molecule has 0 aliphatic rings. The molecular formula is C6H5ClFNO. The van der Waals surface area contributed by atoms with E-state index in [0.717, 1.165) is 0 Å². The summed E-state index contributed by atoms with van der Waals surface area (Å²) in [7, 11) is 0. The molecule has 1 heterocycles. The third-order valence-corrected chi connectivity index (χ3v) is 1.11. The van der Waals surface area contributed by atoms with Crippen LogP contribution in [0.5, 0.6) is 0 Å². The number of carbonyl (C=O) groups is 1. The summed E-state index contributed by atoms with van der Waals surface area (Å²) >= 11 is 5.12. The molecule has 10 heavy (non-hydrogen) atoms. The fourth-order valence-corrected chi connectivity index (χ4v) is 0.591. The molecule has 1 rings (SSSR count). The predicted octanol–water partition coefficient (Wildman–Crippen LogP) is 1.61. The van der Waals surface area contributed by atoms with E-state index in [4.69, 9.17) is 11.6 Å². The zero-order valence-electron chi connectivity index (χ0n) is 4.95. The van der Waals surface area contributed by atoms with Crippen LogP contribution in [-0.4, -0.2) is 10.2 Å². The van der Waals surface area contributed by atoms with Crippen molar-refractivity contribution in [3.63, 3.8) is 0 Å². The van der Waals surface area contributed by atoms with Crippen LogP contribution in [0.4, 0.5) is 4.70 Å². The Morgan fingerprint density at radius 1 is 1.60 bits per heavy atom. The van der Waals surface area contributed by atoms with Gasteiger partial charge in [-0.05, 0) is 23.7 Å². The van der Waals surface area contributed by atoms with Crippen LogP contribution in [0.2, 0.25) is 0 Å². The minimum Gasteiger partial charge on any atom is -0.276 e. The van der Waals surface area contributed by atoms with Crippen LogP contribution in [0.25, 0.3) is 0 Å². The fraction of sp³-hybridized carbons (Fsp3) is 0. The van der Waals surface area contributed by atoms with Crippen molar-refractivity contribution >= 4 is 16.8 Å². The summed E-state index contributed by atoms with van der Waals surface area (Å²) in [6.07, 6.45) is 3.01. The van der Waals surface area contributed by atoms with Crippen molar-refractivity contribution in [1.29, 1.82) is 0 Å². The molecule has 2 nitrogen and oxygen atoms in total. The highest BCUT2D eigenvalue weighted by atomic mass is 35.5. The number of aromatic nitrogens is 1. The number of pyridine rings is 1. The first-order valence-corrected chi connectivity index (χ1v) is 2.78. The fourth-order valence-electron chi connectivity index (χ4n) is 0.479. The van der Waals surface area contributed by atoms with Gasteiger partial charge < -0.3 is 0 Å². The van der Waals surface area contributed by atoms with Gasteiger partial charge in [0.15, 0.2) is 0 Å². The molecule has 0 unspecified atom stereocenters. The quantitative estimate of drug-likeness (QED) is 0.586. The molecule has 0 amide bonds. The number of halogens is 2. The Hall–Kier alpha value is -0.960. The second kappa shape index (κ2) is 3.95. The van der Waals surface area contributed by atoms with E-state index < -0.39 is 5.24 Å². The van der Waals surface area contributed by atoms with E-state index in [1.165, 1.54) is 6.20 Å². The van der Waals surface area contributed by atoms with Crippen LogP contribution in [-0.2, 0) is 0 Å². The Balaban J connectivity index is 0.000000810. The Labute approximate surface area is 62.2 Å². The molecule has 0 fully saturated rings. The molecule has 54 valence electrons. The average molecular weight is 162 g/mol. The van der Waals surface area contributed by atoms with Gasteiger partial charge in [-0.1, -0.05) is 0 Å². The van der Waals surface area contributed by atoms with Crippen molar-refractivity contribution < 1.29 is 9.50 Å². The van der Waals surface area contributed by atoms with Crippen LogP contribution in [0, 0.1) is 0 Å². The van der Waals surface area contributed by atoms with Crippen LogP contribution < -0.4 is 0 Å². The summed E-state index contributed by atoms with van der Waals surface area (Å²) in [4.78, 5) is 14.1. The Bertz CT molecular complexity index is 214. The Kier molecular flexibility index (Phi) is 3.57. The van der Waals surface area contributed by atoms with Crippen molar-refractivity contribution in [3.05, 3.63) is 30.1 Å². The van der Waals surface area contributed by atoms with E-state index in [0.29, 0.717) is 5.56 Å². The summed E-state index contributed by atoms with van der Waals surface area (Å²) in [6, 6.07) is 3.28. The monoisotopic (exact) mass is 161 g/mol. The largest absolute Gasteiger partial charge is 0.276 e. The van der Waals surface area contributed by atoms with Crippen LogP contribution in [0.15, 0.2) is 24.5 Å². The predicted molar refractivity (Wildman–Crippen MR) is 36.9 cm³/mol. The SMILES string of the molecule is F.O=C(Cl)c1cccnc1. The van der Waals surface area contributed by atoms with Crippen molar-refractivity contribution in [2.75, 3.05) is 0 Å². The molecule has 1 aromatic heterocycles. The normalized spacial score (nSPS) is 8.10. The van der Waals surface area contributed by atoms with Gasteiger partial charge in [0.1, 0.15) is 0 Å². The van der Waals surface area contributed by atoms with Gasteiger partial charge in [-0.15, -0.1) is 0 Å². The van der Waals surface area contributed by atoms with Gasteiger partial charge in [-0.3, -0.25) is 14.5 Å². The highest BCUT2D eigenvalue weighted by molar-refractivity contribution is 6.67. The highest BCUT2D eigenvalue weighted by Crippen LogP contribution is 1.98. The highest BCUT2D eigenvalue weighted by Gasteiger charge is 1.96. The summed E-state index contributed by atoms with van der Waals surface area (Å²) < 4.78 is 0. The lowest BCUT2D eigenvalue weighted by atomic mass is 10.3. The Morgan fingerprint density at radius 3 is 2.60 bits per heavy atom. The molecule has 0 bridgehead atoms. The van der Waals surface area contributed by atoms with E-state index in [1.54, 1.807) is 18.3 Å². The molecule has 0 N–H and O–H groups in total. The summed E-state index contributed by atoms with van der Waals surface area (Å²) in [6.45, 7) is 0. The molecule has 0 radical (unpaired) electrons. The zero-order valence-corrected chi connectivity index (χ0v) is 5.71. The lowest BCUT2D eigenvalue weighted by Crippen LogP contribution is -1.87. The van der Waals surface area contributed by atoms with Gasteiger partial charge in [0.25, 0.3) is 5.24 Å². The van der Waals surface area contributed by atoms with Crippen LogP contribution in [0.1, 0.15) is 10.4 Å². The van der Waals surface area contributed by atoms with Gasteiger partial charge in [-0.2, -0.15) is 0 Å². The van der Waals surface area contributed by atoms with Crippen LogP contribution in [0.3, 0.4) is 0 Å². The maximum atomic E-state index is 10.4. The molecule has 0 aliphatic heterocycles. The molecule has 0 atom stereocenters. The third kappa shape index (κ3) is 2.11. The van der Waals surface area contributed by atoms with E-state index in [1.807, 2.05) is 0 Å². The number of rotatable bonds is 1. The number of hydrogen-bond donors (Lipinski definition) is 0. The smallest absolute Gasteiger partial charge is 0.253 e. The third-order valence-electron chi connectivity index (χ3n) is 0.888. The molecule has 1 aromatic rings. The minimum atomic E-state index is -0.469. The topological polar surface area (TPSA) is 30.0 Å². The zero-order chi connectivity index (χ0) is 6.69. The number of carbonyl (C=O) groups excluding carboxylic acids is 1. The van der Waals surface area contributed by atoms with E-state index in [9.17, 15) is 4.79 Å². The molecular weight excluding hydrogens is 157 g/mol. The van der Waals surface area contributed by atoms with Crippen molar-refractivity contribution in [1.82, 2.24) is 4.98 Å². The van der Waals surface area contributed by atoms with Gasteiger partial charge in [-0.25, -0.2) is 0 Å². The summed E-state index contributed by atoms with van der Waals surface area (Å²) in [5, 5.41) is -0.469. The van der Waals surface area contributed by atoms with Crippen molar-refractivity contribution in [2.24, 2.45) is 0 Å². The molecule has 4 heteroatoms. The second-order valence-corrected chi connectivity index (χ2v) is 1.86. The van der Waals surface area contributed by atoms with E-state index in [-0.39, 0.29) is 4.70 Å². The van der Waals surface area contributed by atoms with Crippen molar-refractivity contribution in [2.45, 2.75) is 0 Å². The van der Waals surface area contributed by atoms with Gasteiger partial charge >= 0.3 is 0 Å². The maximum Gasteiger partial charge on any atom is 0.253 e. The lowest BCUT2D eigenvalue weighted by molar-refractivity contribution is 0.108. The minimum absolute atomic E-state index is 0. The average Bonchev–Trinajstić information content (AvgIpc) is 1.90. The molecule has 0 saturated heterocycles. The Morgan fingerprint density at radius 2 is 2.30 bits per heavy atom. The first-order valence-electron chi connectivity index (χ1n) is 2.40. The van der Waals surface area contributed by atoms with Gasteiger partial charge in [0.05, 0.1) is 5.56 Å². The molecule has 0 aliphatic carbocycles. The molecule has 0 spiro atoms. The first-order chi connectivity index (χ1) is 4.30. The first kappa shape index (κ1) is 9.04. The lowest BCUT2D eigenvalue weighted by Gasteiger charge is -1.86. The number of nitrogens with zero attached hydrogens (tertiary/aromatic N) is 1. The summed E-state index contributed by atoms with van der Waals surface area (Å²) in [5.41, 5.74) is 0.430. The summed E-state index contributed by atoms with van der Waals surface area (Å²) in [5.74, 6) is 0. The second-order valence-electron chi connectivity index (χ2n) is 1.52. The van der Waals surface area contributed by atoms with Gasteiger partial charge in [0, 0.05) is 12.4 Å². The maximum absolute atomic E-state index is 10.4. The molecule has 0 aromatic carbocycles. The van der Waals surface area contributed by atoms with Crippen LogP contribution >= 0.6 is 11.6 Å².